The number of carbonyl (C=O) groups excluding carboxylic acids is 4. The van der Waals surface area contributed by atoms with E-state index in [0.29, 0.717) is 38.4 Å². The van der Waals surface area contributed by atoms with Crippen molar-refractivity contribution in [1.29, 1.82) is 0 Å². The summed E-state index contributed by atoms with van der Waals surface area (Å²) in [6.45, 7) is 7.64. The highest BCUT2D eigenvalue weighted by atomic mass is 16.2. The van der Waals surface area contributed by atoms with E-state index in [0.717, 1.165) is 36.4 Å². The molecule has 4 rings (SSSR count). The van der Waals surface area contributed by atoms with Crippen molar-refractivity contribution >= 4 is 29.4 Å². The second-order valence-corrected chi connectivity index (χ2v) is 8.83. The number of hydrogen-bond donors (Lipinski definition) is 0. The van der Waals surface area contributed by atoms with Crippen molar-refractivity contribution in [2.75, 3.05) is 57.3 Å². The molecule has 0 spiro atoms. The van der Waals surface area contributed by atoms with Gasteiger partial charge in [0, 0.05) is 45.0 Å². The van der Waals surface area contributed by atoms with E-state index in [-0.39, 0.29) is 24.3 Å². The molecule has 0 saturated carbocycles. The summed E-state index contributed by atoms with van der Waals surface area (Å²) in [7, 11) is 0. The normalized spacial score (nSPS) is 22.2. The number of anilines is 1. The van der Waals surface area contributed by atoms with Gasteiger partial charge < -0.3 is 9.80 Å². The first kappa shape index (κ1) is 22.3. The van der Waals surface area contributed by atoms with Crippen molar-refractivity contribution in [2.24, 2.45) is 0 Å². The average molecular weight is 442 g/mol. The zero-order chi connectivity index (χ0) is 22.8. The molecule has 3 fully saturated rings. The van der Waals surface area contributed by atoms with Crippen LogP contribution in [0.2, 0.25) is 0 Å². The number of amides is 5. The lowest BCUT2D eigenvalue weighted by Gasteiger charge is -2.35. The Bertz CT molecular complexity index is 888. The molecule has 1 aromatic rings. The van der Waals surface area contributed by atoms with Crippen LogP contribution in [0.1, 0.15) is 25.3 Å². The van der Waals surface area contributed by atoms with E-state index in [1.54, 1.807) is 11.8 Å². The molecule has 9 heteroatoms. The molecule has 5 amide bonds. The third kappa shape index (κ3) is 4.48. The molecule has 9 nitrogen and oxygen atoms in total. The quantitative estimate of drug-likeness (QED) is 0.635. The second kappa shape index (κ2) is 9.28. The van der Waals surface area contributed by atoms with E-state index in [1.165, 1.54) is 4.90 Å². The predicted molar refractivity (Wildman–Crippen MR) is 119 cm³/mol. The van der Waals surface area contributed by atoms with Gasteiger partial charge in [-0.3, -0.25) is 29.1 Å². The van der Waals surface area contributed by atoms with Gasteiger partial charge in [0.2, 0.25) is 11.8 Å². The Morgan fingerprint density at radius 3 is 2.03 bits per heavy atom. The Morgan fingerprint density at radius 2 is 1.41 bits per heavy atom. The molecule has 1 aromatic carbocycles. The van der Waals surface area contributed by atoms with Gasteiger partial charge >= 0.3 is 6.03 Å². The van der Waals surface area contributed by atoms with E-state index < -0.39 is 12.1 Å². The SMILES string of the molecule is Cc1ccc(N2C(=O)N(CC(=O)N3CCN(CC(=O)N4CCCC4)CC3)C(=O)C2C)cc1. The second-order valence-electron chi connectivity index (χ2n) is 8.83. The van der Waals surface area contributed by atoms with Crippen molar-refractivity contribution in [3.05, 3.63) is 29.8 Å². The summed E-state index contributed by atoms with van der Waals surface area (Å²) in [5.74, 6) is -0.449. The topological polar surface area (TPSA) is 84.5 Å². The maximum absolute atomic E-state index is 12.9. The fraction of sp³-hybridized carbons (Fsp3) is 0.565. The number of urea groups is 1. The molecule has 0 aromatic heterocycles. The van der Waals surface area contributed by atoms with Crippen LogP contribution in [0, 0.1) is 6.92 Å². The van der Waals surface area contributed by atoms with E-state index >= 15 is 0 Å². The van der Waals surface area contributed by atoms with Crippen LogP contribution in [-0.2, 0) is 14.4 Å². The lowest BCUT2D eigenvalue weighted by Crippen LogP contribution is -2.53. The third-order valence-electron chi connectivity index (χ3n) is 6.60. The Balaban J connectivity index is 1.31. The van der Waals surface area contributed by atoms with Crippen molar-refractivity contribution in [2.45, 2.75) is 32.7 Å². The highest BCUT2D eigenvalue weighted by Gasteiger charge is 2.44. The number of imide groups is 1. The molecular formula is C23H31N5O4. The maximum Gasteiger partial charge on any atom is 0.332 e. The molecule has 0 aliphatic carbocycles. The van der Waals surface area contributed by atoms with Crippen LogP contribution in [0.25, 0.3) is 0 Å². The summed E-state index contributed by atoms with van der Waals surface area (Å²) in [5.41, 5.74) is 1.71. The summed E-state index contributed by atoms with van der Waals surface area (Å²) >= 11 is 0. The Morgan fingerprint density at radius 1 is 0.844 bits per heavy atom. The molecule has 0 N–H and O–H groups in total. The van der Waals surface area contributed by atoms with Crippen molar-refractivity contribution < 1.29 is 19.2 Å². The fourth-order valence-corrected chi connectivity index (χ4v) is 4.56. The molecule has 0 bridgehead atoms. The molecule has 3 aliphatic rings. The monoisotopic (exact) mass is 441 g/mol. The van der Waals surface area contributed by atoms with Crippen molar-refractivity contribution in [1.82, 2.24) is 19.6 Å². The van der Waals surface area contributed by atoms with E-state index in [1.807, 2.05) is 36.1 Å². The summed E-state index contributed by atoms with van der Waals surface area (Å²) < 4.78 is 0. The van der Waals surface area contributed by atoms with Crippen LogP contribution in [-0.4, -0.2) is 102 Å². The van der Waals surface area contributed by atoms with Gasteiger partial charge in [-0.1, -0.05) is 17.7 Å². The molecule has 1 atom stereocenters. The highest BCUT2D eigenvalue weighted by Crippen LogP contribution is 2.26. The lowest BCUT2D eigenvalue weighted by molar-refractivity contribution is -0.139. The number of hydrogen-bond acceptors (Lipinski definition) is 5. The number of piperazine rings is 1. The number of aryl methyl sites for hydroxylation is 1. The average Bonchev–Trinajstić information content (AvgIpc) is 3.39. The summed E-state index contributed by atoms with van der Waals surface area (Å²) in [6, 6.07) is 6.29. The van der Waals surface area contributed by atoms with Gasteiger partial charge in [-0.25, -0.2) is 4.79 Å². The molecule has 3 heterocycles. The number of rotatable bonds is 5. The third-order valence-corrected chi connectivity index (χ3v) is 6.60. The minimum Gasteiger partial charge on any atom is -0.342 e. The van der Waals surface area contributed by atoms with Crippen LogP contribution >= 0.6 is 0 Å². The molecule has 172 valence electrons. The van der Waals surface area contributed by atoms with Crippen LogP contribution in [0.5, 0.6) is 0 Å². The first-order valence-corrected chi connectivity index (χ1v) is 11.3. The minimum absolute atomic E-state index is 0.153. The van der Waals surface area contributed by atoms with Crippen LogP contribution in [0.3, 0.4) is 0 Å². The Labute approximate surface area is 188 Å². The van der Waals surface area contributed by atoms with Crippen molar-refractivity contribution in [3.8, 4) is 0 Å². The molecule has 3 saturated heterocycles. The first-order valence-electron chi connectivity index (χ1n) is 11.3. The number of likely N-dealkylation sites (tertiary alicyclic amines) is 1. The number of benzene rings is 1. The smallest absolute Gasteiger partial charge is 0.332 e. The Kier molecular flexibility index (Phi) is 6.45. The predicted octanol–water partition coefficient (Wildman–Crippen LogP) is 0.919. The zero-order valence-corrected chi connectivity index (χ0v) is 18.8. The van der Waals surface area contributed by atoms with Gasteiger partial charge in [0.1, 0.15) is 12.6 Å². The number of carbonyl (C=O) groups is 4. The van der Waals surface area contributed by atoms with Crippen LogP contribution in [0.4, 0.5) is 10.5 Å². The van der Waals surface area contributed by atoms with E-state index in [4.69, 9.17) is 0 Å². The van der Waals surface area contributed by atoms with Gasteiger partial charge in [0.25, 0.3) is 5.91 Å². The van der Waals surface area contributed by atoms with Gasteiger partial charge in [0.05, 0.1) is 6.54 Å². The molecule has 32 heavy (non-hydrogen) atoms. The van der Waals surface area contributed by atoms with Gasteiger partial charge in [-0.15, -0.1) is 0 Å². The van der Waals surface area contributed by atoms with Gasteiger partial charge in [0.15, 0.2) is 0 Å². The molecule has 3 aliphatic heterocycles. The maximum atomic E-state index is 12.9. The van der Waals surface area contributed by atoms with Crippen molar-refractivity contribution in [3.63, 3.8) is 0 Å². The first-order chi connectivity index (χ1) is 15.3. The lowest BCUT2D eigenvalue weighted by atomic mass is 10.2. The fourth-order valence-electron chi connectivity index (χ4n) is 4.56. The zero-order valence-electron chi connectivity index (χ0n) is 18.8. The summed E-state index contributed by atoms with van der Waals surface area (Å²) in [6.07, 6.45) is 2.14. The van der Waals surface area contributed by atoms with Crippen LogP contribution < -0.4 is 4.90 Å². The largest absolute Gasteiger partial charge is 0.342 e. The minimum atomic E-state index is -0.647. The Hall–Kier alpha value is -2.94. The van der Waals surface area contributed by atoms with Gasteiger partial charge in [-0.2, -0.15) is 0 Å². The molecule has 1 unspecified atom stereocenters. The summed E-state index contributed by atoms with van der Waals surface area (Å²) in [5, 5.41) is 0. The van der Waals surface area contributed by atoms with E-state index in [9.17, 15) is 19.2 Å². The number of nitrogens with zero attached hydrogens (tertiary/aromatic N) is 5. The van der Waals surface area contributed by atoms with E-state index in [2.05, 4.69) is 4.90 Å². The molecule has 0 radical (unpaired) electrons. The summed E-state index contributed by atoms with van der Waals surface area (Å²) in [4.78, 5) is 59.0. The van der Waals surface area contributed by atoms with Crippen LogP contribution in [0.15, 0.2) is 24.3 Å². The molecular weight excluding hydrogens is 410 g/mol. The highest BCUT2D eigenvalue weighted by molar-refractivity contribution is 6.15. The van der Waals surface area contributed by atoms with Gasteiger partial charge in [-0.05, 0) is 38.8 Å². The standard InChI is InChI=1S/C23H31N5O4/c1-17-5-7-19(8-6-17)28-18(2)22(31)27(23(28)32)16-21(30)26-13-11-24(12-14-26)15-20(29)25-9-3-4-10-25/h5-8,18H,3-4,9-16H2,1-2H3.